The third kappa shape index (κ3) is 3.33. The molecule has 1 aliphatic rings. The summed E-state index contributed by atoms with van der Waals surface area (Å²) >= 11 is 0. The minimum absolute atomic E-state index is 0.288. The summed E-state index contributed by atoms with van der Waals surface area (Å²) in [6, 6.07) is 8.75. The molecule has 1 aliphatic heterocycles. The molecule has 0 spiro atoms. The Balaban J connectivity index is 2.19. The van der Waals surface area contributed by atoms with Crippen molar-refractivity contribution in [2.75, 3.05) is 6.61 Å². The molecule has 25 heavy (non-hydrogen) atoms. The summed E-state index contributed by atoms with van der Waals surface area (Å²) in [5.41, 5.74) is 1.06. The predicted molar refractivity (Wildman–Crippen MR) is 97.3 cm³/mol. The van der Waals surface area contributed by atoms with Gasteiger partial charge < -0.3 is 4.74 Å². The summed E-state index contributed by atoms with van der Waals surface area (Å²) in [6.07, 6.45) is 2.19. The second kappa shape index (κ2) is 6.50. The summed E-state index contributed by atoms with van der Waals surface area (Å²) in [5.74, 6) is 0.345. The van der Waals surface area contributed by atoms with Crippen molar-refractivity contribution in [1.82, 2.24) is 9.71 Å². The summed E-state index contributed by atoms with van der Waals surface area (Å²) < 4.78 is 35.7. The first kappa shape index (κ1) is 18.0. The van der Waals surface area contributed by atoms with Crippen LogP contribution >= 0.6 is 0 Å². The van der Waals surface area contributed by atoms with E-state index in [4.69, 9.17) is 4.74 Å². The Morgan fingerprint density at radius 2 is 2.08 bits per heavy atom. The molecule has 0 amide bonds. The lowest BCUT2D eigenvalue weighted by atomic mass is 9.82. The fourth-order valence-corrected chi connectivity index (χ4v) is 3.81. The van der Waals surface area contributed by atoms with Gasteiger partial charge in [0.15, 0.2) is 0 Å². The van der Waals surface area contributed by atoms with Crippen LogP contribution in [-0.4, -0.2) is 20.5 Å². The van der Waals surface area contributed by atoms with E-state index in [9.17, 15) is 8.60 Å². The third-order valence-electron chi connectivity index (χ3n) is 4.40. The number of halogens is 1. The van der Waals surface area contributed by atoms with E-state index in [-0.39, 0.29) is 5.82 Å². The molecule has 4 nitrogen and oxygen atoms in total. The Hall–Kier alpha value is -1.79. The fourth-order valence-electron chi connectivity index (χ4n) is 2.87. The second-order valence-electron chi connectivity index (χ2n) is 7.30. The molecular formula is C19H23FN2O2S. The highest BCUT2D eigenvalue weighted by atomic mass is 32.2. The van der Waals surface area contributed by atoms with E-state index in [2.05, 4.69) is 9.71 Å². The molecule has 0 radical (unpaired) electrons. The van der Waals surface area contributed by atoms with Gasteiger partial charge in [-0.1, -0.05) is 12.1 Å². The molecule has 0 fully saturated rings. The van der Waals surface area contributed by atoms with Gasteiger partial charge in [0.05, 0.1) is 22.3 Å². The molecule has 2 atom stereocenters. The maximum Gasteiger partial charge on any atom is 0.143 e. The van der Waals surface area contributed by atoms with Crippen LogP contribution in [0.1, 0.15) is 44.0 Å². The molecule has 134 valence electrons. The van der Waals surface area contributed by atoms with Gasteiger partial charge in [-0.15, -0.1) is 0 Å². The number of aryl methyl sites for hydroxylation is 1. The highest BCUT2D eigenvalue weighted by Gasteiger charge is 2.44. The van der Waals surface area contributed by atoms with Crippen LogP contribution in [0.15, 0.2) is 36.5 Å². The van der Waals surface area contributed by atoms with Crippen LogP contribution in [0, 0.1) is 12.7 Å². The van der Waals surface area contributed by atoms with Crippen molar-refractivity contribution >= 4 is 11.0 Å². The number of hydrogen-bond donors (Lipinski definition) is 1. The molecule has 1 N–H and O–H groups in total. The Kier molecular flexibility index (Phi) is 4.68. The number of nitrogens with one attached hydrogen (secondary N) is 1. The minimum atomic E-state index is -1.36. The topological polar surface area (TPSA) is 51.2 Å². The fraction of sp³-hybridized carbons (Fsp3) is 0.421. The molecule has 2 aromatic rings. The monoisotopic (exact) mass is 362 g/mol. The van der Waals surface area contributed by atoms with Gasteiger partial charge in [0.1, 0.15) is 22.8 Å². The molecule has 0 saturated heterocycles. The minimum Gasteiger partial charge on any atom is -0.491 e. The number of aromatic nitrogens is 1. The van der Waals surface area contributed by atoms with Gasteiger partial charge in [0, 0.05) is 12.6 Å². The molecular weight excluding hydrogens is 339 g/mol. The Labute approximate surface area is 150 Å². The summed E-state index contributed by atoms with van der Waals surface area (Å²) in [4.78, 5) is 4.49. The quantitative estimate of drug-likeness (QED) is 0.907. The van der Waals surface area contributed by atoms with Crippen LogP contribution < -0.4 is 9.46 Å². The summed E-state index contributed by atoms with van der Waals surface area (Å²) in [5, 5.41) is 0. The zero-order valence-electron chi connectivity index (χ0n) is 14.9. The first-order valence-corrected chi connectivity index (χ1v) is 9.44. The molecule has 6 heteroatoms. The lowest BCUT2D eigenvalue weighted by Crippen LogP contribution is -2.51. The molecule has 0 saturated carbocycles. The van der Waals surface area contributed by atoms with E-state index in [0.717, 1.165) is 0 Å². The first-order valence-electron chi connectivity index (χ1n) is 8.29. The van der Waals surface area contributed by atoms with Gasteiger partial charge >= 0.3 is 0 Å². The predicted octanol–water partition coefficient (Wildman–Crippen LogP) is 3.61. The first-order chi connectivity index (χ1) is 11.7. The number of ether oxygens (including phenoxy) is 1. The number of benzene rings is 1. The molecule has 3 rings (SSSR count). The van der Waals surface area contributed by atoms with Gasteiger partial charge in [-0.2, -0.15) is 0 Å². The van der Waals surface area contributed by atoms with Crippen LogP contribution in [-0.2, 0) is 16.5 Å². The van der Waals surface area contributed by atoms with E-state index < -0.39 is 21.3 Å². The zero-order valence-corrected chi connectivity index (χ0v) is 15.7. The average Bonchev–Trinajstić information content (AvgIpc) is 2.56. The van der Waals surface area contributed by atoms with E-state index in [1.807, 2.05) is 32.9 Å². The van der Waals surface area contributed by atoms with E-state index >= 15 is 0 Å². The van der Waals surface area contributed by atoms with E-state index in [1.165, 1.54) is 6.07 Å². The number of fused-ring (bicyclic) bond motifs is 1. The van der Waals surface area contributed by atoms with Crippen molar-refractivity contribution in [3.63, 3.8) is 0 Å². The van der Waals surface area contributed by atoms with Crippen LogP contribution in [0.4, 0.5) is 4.39 Å². The van der Waals surface area contributed by atoms with E-state index in [1.54, 1.807) is 25.3 Å². The van der Waals surface area contributed by atoms with Gasteiger partial charge in [0.25, 0.3) is 0 Å². The SMILES string of the molecule is Cc1ccc([C@@]2(N[S@@](=O)C(C)(C)C)CCOc3cccnc32)cc1F. The van der Waals surface area contributed by atoms with Gasteiger partial charge in [-0.05, 0) is 57.0 Å². The Bertz CT molecular complexity index is 819. The third-order valence-corrected chi connectivity index (χ3v) is 6.04. The van der Waals surface area contributed by atoms with Gasteiger partial charge in [-0.25, -0.2) is 13.3 Å². The van der Waals surface area contributed by atoms with Crippen molar-refractivity contribution < 1.29 is 13.3 Å². The van der Waals surface area contributed by atoms with Crippen LogP contribution in [0.5, 0.6) is 5.75 Å². The molecule has 0 bridgehead atoms. The highest BCUT2D eigenvalue weighted by molar-refractivity contribution is 7.84. The second-order valence-corrected chi connectivity index (χ2v) is 9.27. The van der Waals surface area contributed by atoms with Crippen molar-refractivity contribution in [1.29, 1.82) is 0 Å². The van der Waals surface area contributed by atoms with Crippen molar-refractivity contribution in [3.8, 4) is 5.75 Å². The molecule has 2 heterocycles. The number of nitrogens with zero attached hydrogens (tertiary/aromatic N) is 1. The average molecular weight is 362 g/mol. The van der Waals surface area contributed by atoms with Gasteiger partial charge in [-0.3, -0.25) is 4.98 Å². The number of hydrogen-bond acceptors (Lipinski definition) is 3. The molecule has 0 unspecified atom stereocenters. The number of pyridine rings is 1. The van der Waals surface area contributed by atoms with Gasteiger partial charge in [0.2, 0.25) is 0 Å². The maximum atomic E-state index is 14.3. The smallest absolute Gasteiger partial charge is 0.143 e. The van der Waals surface area contributed by atoms with Crippen molar-refractivity contribution in [3.05, 3.63) is 59.2 Å². The lowest BCUT2D eigenvalue weighted by Gasteiger charge is -2.40. The van der Waals surface area contributed by atoms with Crippen molar-refractivity contribution in [2.24, 2.45) is 0 Å². The van der Waals surface area contributed by atoms with Crippen LogP contribution in [0.3, 0.4) is 0 Å². The van der Waals surface area contributed by atoms with E-state index in [0.29, 0.717) is 35.6 Å². The highest BCUT2D eigenvalue weighted by Crippen LogP contribution is 2.41. The largest absolute Gasteiger partial charge is 0.491 e. The maximum absolute atomic E-state index is 14.3. The molecule has 1 aromatic carbocycles. The lowest BCUT2D eigenvalue weighted by molar-refractivity contribution is 0.222. The molecule has 1 aromatic heterocycles. The van der Waals surface area contributed by atoms with Crippen LogP contribution in [0.2, 0.25) is 0 Å². The summed E-state index contributed by atoms with van der Waals surface area (Å²) in [7, 11) is -1.36. The Morgan fingerprint density at radius 3 is 2.76 bits per heavy atom. The Morgan fingerprint density at radius 1 is 1.32 bits per heavy atom. The standard InChI is InChI=1S/C19H23FN2O2S/c1-13-7-8-14(12-15(13)20)19(22-25(23)18(2,3)4)9-11-24-16-6-5-10-21-17(16)19/h5-8,10,12,22H,9,11H2,1-4H3/t19-,25-/m0/s1. The van der Waals surface area contributed by atoms with Crippen LogP contribution in [0.25, 0.3) is 0 Å². The normalized spacial score (nSPS) is 21.3. The molecule has 0 aliphatic carbocycles. The number of rotatable bonds is 3. The van der Waals surface area contributed by atoms with Crippen molar-refractivity contribution in [2.45, 2.75) is 44.4 Å². The zero-order chi connectivity index (χ0) is 18.2. The summed E-state index contributed by atoms with van der Waals surface area (Å²) in [6.45, 7) is 7.86.